The fourth-order valence-corrected chi connectivity index (χ4v) is 11.3. The van der Waals surface area contributed by atoms with Crippen LogP contribution in [0, 0.1) is 36.0 Å². The molecule has 1 fully saturated rings. The molecule has 0 saturated carbocycles. The van der Waals surface area contributed by atoms with Crippen LogP contribution >= 0.6 is 22.6 Å². The highest BCUT2D eigenvalue weighted by molar-refractivity contribution is 14.1. The number of Topliss-reactive ketones (excluding diaryl/α,β-unsaturated/α-hetero) is 1. The number of allylic oxidation sites excluding steroid dienone is 4. The molecule has 2 aromatic carbocycles. The summed E-state index contributed by atoms with van der Waals surface area (Å²) in [5, 5.41) is 51.3. The van der Waals surface area contributed by atoms with E-state index in [0.717, 1.165) is 38.4 Å². The number of halogens is 1. The summed E-state index contributed by atoms with van der Waals surface area (Å²) in [6, 6.07) is 3.72. The van der Waals surface area contributed by atoms with Crippen LogP contribution in [0.3, 0.4) is 0 Å². The van der Waals surface area contributed by atoms with E-state index in [2.05, 4.69) is 44.6 Å². The minimum absolute atomic E-state index is 0.0163. The molecule has 18 heteroatoms. The van der Waals surface area contributed by atoms with Gasteiger partial charge in [0.25, 0.3) is 11.7 Å². The van der Waals surface area contributed by atoms with E-state index >= 15 is 4.79 Å². The third kappa shape index (κ3) is 10.7. The van der Waals surface area contributed by atoms with E-state index in [1.54, 1.807) is 52.8 Å². The summed E-state index contributed by atoms with van der Waals surface area (Å²) >= 11 is 2.44. The van der Waals surface area contributed by atoms with Gasteiger partial charge in [-0.2, -0.15) is 0 Å². The molecule has 4 bridgehead atoms. The maximum Gasteiger partial charge on any atom is 0.312 e. The van der Waals surface area contributed by atoms with Gasteiger partial charge >= 0.3 is 11.8 Å². The van der Waals surface area contributed by atoms with Crippen LogP contribution in [-0.4, -0.2) is 130 Å². The first-order chi connectivity index (χ1) is 34.4. The highest BCUT2D eigenvalue weighted by Gasteiger charge is 2.53. The molecule has 2 aromatic rings. The number of phenolic OH excluding ortho intramolecular Hbond substituents is 1. The van der Waals surface area contributed by atoms with Crippen molar-refractivity contribution < 1.29 is 63.2 Å². The van der Waals surface area contributed by atoms with Gasteiger partial charge in [-0.25, -0.2) is 4.99 Å². The average Bonchev–Trinajstić information content (AvgIpc) is 3.63. The van der Waals surface area contributed by atoms with Crippen molar-refractivity contribution in [2.24, 2.45) is 34.1 Å². The first-order valence-corrected chi connectivity index (χ1v) is 26.4. The lowest BCUT2D eigenvalue weighted by Gasteiger charge is -2.41. The van der Waals surface area contributed by atoms with Gasteiger partial charge in [0.2, 0.25) is 0 Å². The Morgan fingerprint density at radius 1 is 1.00 bits per heavy atom. The van der Waals surface area contributed by atoms with Crippen molar-refractivity contribution in [2.45, 2.75) is 123 Å². The SMILES string of the molecule is CCC1(C)/C=C/C=C(/C)C(=O)NC2=C3Oc4cc(N5CCN(CC(C)I)CC5)cc(OC)c4N=C3c3c4c(c(C)c(O)c3C2O)O[C@](C)(O/C=C/[C@H](OC)[C@@H](C)[C@@H](OC(C)=O)[C@H](C)[C@H](O)[C@H](C)[C@@H](O)[C@H]1C)C4=O. The Hall–Kier alpha value is -4.99. The monoisotopic (exact) mass is 1120 g/mol. The molecule has 5 aliphatic rings. The maximum absolute atomic E-state index is 15.0. The number of benzene rings is 2. The van der Waals surface area contributed by atoms with Crippen molar-refractivity contribution in [1.29, 1.82) is 0 Å². The number of alkyl halides is 1. The molecule has 4 aliphatic heterocycles. The number of hydrogen-bond acceptors (Lipinski definition) is 16. The van der Waals surface area contributed by atoms with Crippen LogP contribution in [0.1, 0.15) is 109 Å². The number of aromatic hydroxyl groups is 1. The van der Waals surface area contributed by atoms with Gasteiger partial charge in [0, 0.05) is 115 Å². The molecular weight excluding hydrogens is 1050 g/mol. The second-order valence-electron chi connectivity index (χ2n) is 20.7. The van der Waals surface area contributed by atoms with Crippen LogP contribution < -0.4 is 24.4 Å². The second-order valence-corrected chi connectivity index (χ2v) is 22.8. The predicted octanol–water partition coefficient (Wildman–Crippen LogP) is 7.51. The Balaban J connectivity index is 1.40. The average molecular weight is 1130 g/mol. The summed E-state index contributed by atoms with van der Waals surface area (Å²) in [5.74, 6) is -6.11. The van der Waals surface area contributed by atoms with Gasteiger partial charge in [0.1, 0.15) is 40.9 Å². The fraction of sp³-hybridized carbons (Fsp3) is 0.564. The molecule has 3 unspecified atom stereocenters. The number of fused-ring (bicyclic) bond motifs is 2. The fourth-order valence-electron chi connectivity index (χ4n) is 10.8. The van der Waals surface area contributed by atoms with Crippen LogP contribution in [-0.2, 0) is 23.8 Å². The molecule has 12 atom stereocenters. The van der Waals surface area contributed by atoms with E-state index in [-0.39, 0.29) is 62.2 Å². The number of aliphatic hydroxyl groups is 3. The lowest BCUT2D eigenvalue weighted by molar-refractivity contribution is -0.161. The summed E-state index contributed by atoms with van der Waals surface area (Å²) in [7, 11) is 2.99. The van der Waals surface area contributed by atoms with Gasteiger partial charge in [-0.1, -0.05) is 89.3 Å². The molecule has 1 saturated heterocycles. The number of methoxy groups -OCH3 is 2. The smallest absolute Gasteiger partial charge is 0.312 e. The lowest BCUT2D eigenvalue weighted by Crippen LogP contribution is -2.48. The van der Waals surface area contributed by atoms with Gasteiger partial charge in [0.05, 0.1) is 42.9 Å². The number of anilines is 1. The molecule has 73 heavy (non-hydrogen) atoms. The number of carbonyl (C=O) groups excluding carboxylic acids is 3. The van der Waals surface area contributed by atoms with Crippen LogP contribution in [0.15, 0.2) is 64.7 Å². The summed E-state index contributed by atoms with van der Waals surface area (Å²) in [6.07, 6.45) is 3.07. The van der Waals surface area contributed by atoms with Crippen molar-refractivity contribution >= 4 is 57.3 Å². The van der Waals surface area contributed by atoms with Crippen molar-refractivity contribution in [3.8, 4) is 23.0 Å². The predicted molar refractivity (Wildman–Crippen MR) is 285 cm³/mol. The maximum atomic E-state index is 15.0. The third-order valence-corrected chi connectivity index (χ3v) is 16.2. The van der Waals surface area contributed by atoms with E-state index in [4.69, 9.17) is 33.4 Å². The minimum atomic E-state index is -2.04. The largest absolute Gasteiger partial charge is 0.507 e. The number of amides is 1. The van der Waals surface area contributed by atoms with Gasteiger partial charge in [-0.05, 0) is 37.7 Å². The Labute approximate surface area is 442 Å². The number of aliphatic imine (C=N–C) groups is 1. The molecule has 7 rings (SSSR count). The number of hydrogen-bond donors (Lipinski definition) is 5. The van der Waals surface area contributed by atoms with E-state index in [1.807, 2.05) is 39.0 Å². The molecule has 5 N–H and O–H groups in total. The molecule has 0 radical (unpaired) electrons. The second kappa shape index (κ2) is 22.1. The Morgan fingerprint density at radius 3 is 2.30 bits per heavy atom. The number of aliphatic hydroxyl groups excluding tert-OH is 3. The number of phenols is 1. The van der Waals surface area contributed by atoms with Gasteiger partial charge in [0.15, 0.2) is 11.5 Å². The molecule has 0 spiro atoms. The minimum Gasteiger partial charge on any atom is -0.507 e. The van der Waals surface area contributed by atoms with Crippen LogP contribution in [0.5, 0.6) is 23.0 Å². The standard InChI is InChI=1S/C55H73IN4O13/c1-14-54(10)18-15-16-27(2)53(67)58-44-48(65)40-39(43-51(44)72-38-25-35(24-37(69-13)42(38)57-43)60-21-19-59(20-22-60)26-28(3)56)41-50(32(7)47(40)64)73-55(11,52(41)66)70-23-17-36(68-12)29(4)49(71-34(9)61)31(6)45(62)30(5)46(63)33(54)8/h15-18,23-25,28-31,33,36,45-46,48-49,62-65H,14,19-22,26H2,1-13H3,(H,58,67)/b18-15+,23-17+,27-16-/t28?,29-,30+,31-,33-,36+,45-,46-,48?,49-,54?,55+/m1/s1. The zero-order chi connectivity index (χ0) is 53.6. The van der Waals surface area contributed by atoms with E-state index in [1.165, 1.54) is 34.3 Å². The summed E-state index contributed by atoms with van der Waals surface area (Å²) in [6.45, 7) is 23.4. The first-order valence-electron chi connectivity index (χ1n) is 25.2. The molecule has 1 aliphatic carbocycles. The van der Waals surface area contributed by atoms with Crippen LogP contribution in [0.4, 0.5) is 11.4 Å². The van der Waals surface area contributed by atoms with Gasteiger partial charge < -0.3 is 59.1 Å². The highest BCUT2D eigenvalue weighted by Crippen LogP contribution is 2.55. The first kappa shape index (κ1) is 55.8. The summed E-state index contributed by atoms with van der Waals surface area (Å²) < 4.78 is 37.6. The molecule has 17 nitrogen and oxygen atoms in total. The number of carbonyl (C=O) groups is 3. The van der Waals surface area contributed by atoms with Crippen molar-refractivity contribution in [1.82, 2.24) is 10.2 Å². The van der Waals surface area contributed by atoms with Gasteiger partial charge in [-0.3, -0.25) is 19.3 Å². The van der Waals surface area contributed by atoms with E-state index < -0.39 is 88.8 Å². The number of ether oxygens (including phenoxy) is 6. The summed E-state index contributed by atoms with van der Waals surface area (Å²) in [4.78, 5) is 51.8. The number of nitrogens with zero attached hydrogens (tertiary/aromatic N) is 3. The van der Waals surface area contributed by atoms with Crippen molar-refractivity contribution in [2.75, 3.05) is 51.8 Å². The number of nitrogens with one attached hydrogen (secondary N) is 1. The molecule has 398 valence electrons. The number of piperazine rings is 1. The third-order valence-electron chi connectivity index (χ3n) is 15.9. The van der Waals surface area contributed by atoms with Crippen LogP contribution in [0.2, 0.25) is 0 Å². The highest BCUT2D eigenvalue weighted by atomic mass is 127. The Morgan fingerprint density at radius 2 is 1.68 bits per heavy atom. The van der Waals surface area contributed by atoms with Crippen molar-refractivity contribution in [3.05, 3.63) is 82.0 Å². The van der Waals surface area contributed by atoms with Crippen LogP contribution in [0.25, 0.3) is 0 Å². The number of rotatable bonds is 7. The molecule has 0 aromatic heterocycles. The molecule has 1 amide bonds. The lowest BCUT2D eigenvalue weighted by atomic mass is 9.68. The van der Waals surface area contributed by atoms with Gasteiger partial charge in [-0.15, -0.1) is 0 Å². The molecule has 4 heterocycles. The zero-order valence-electron chi connectivity index (χ0n) is 44.2. The quantitative estimate of drug-likeness (QED) is 0.103. The zero-order valence-corrected chi connectivity index (χ0v) is 46.4. The number of ketones is 1. The summed E-state index contributed by atoms with van der Waals surface area (Å²) in [5.41, 5.74) is 0.593. The van der Waals surface area contributed by atoms with E-state index in [0.29, 0.717) is 16.1 Å². The number of esters is 1. The van der Waals surface area contributed by atoms with Crippen molar-refractivity contribution in [3.63, 3.8) is 0 Å². The van der Waals surface area contributed by atoms with E-state index in [9.17, 15) is 30.0 Å². The topological polar surface area (TPSA) is 218 Å². The molecular formula is C55H73IN4O13. The Bertz CT molecular complexity index is 2640. The normalized spacial score (nSPS) is 33.1. The Kier molecular flexibility index (Phi) is 16.9.